The van der Waals surface area contributed by atoms with Gasteiger partial charge in [-0.05, 0) is 86.5 Å². The summed E-state index contributed by atoms with van der Waals surface area (Å²) in [5, 5.41) is 0. The fraction of sp³-hybridized carbons (Fsp3) is 0.533. The molecule has 4 atom stereocenters. The number of methoxy groups -OCH3 is 1. The number of amides is 1. The van der Waals surface area contributed by atoms with Gasteiger partial charge in [0, 0.05) is 12.6 Å². The maximum absolute atomic E-state index is 12.8. The average Bonchev–Trinajstić information content (AvgIpc) is 3.29. The normalized spacial score (nSPS) is 28.3. The number of allylic oxidation sites excluding steroid dienone is 1. The molecule has 4 rings (SSSR count). The Labute approximate surface area is 209 Å². The summed E-state index contributed by atoms with van der Waals surface area (Å²) in [7, 11) is 3.32. The number of ether oxygens (including phenoxy) is 1. The average molecular weight is 478 g/mol. The number of carbonyl (C=O) groups is 2. The number of furan rings is 1. The molecule has 1 aromatic carbocycles. The van der Waals surface area contributed by atoms with Crippen LogP contribution >= 0.6 is 0 Å². The Kier molecular flexibility index (Phi) is 7.25. The third-order valence-electron chi connectivity index (χ3n) is 8.96. The third-order valence-corrected chi connectivity index (χ3v) is 8.96. The molecule has 0 unspecified atom stereocenters. The molecule has 0 saturated heterocycles. The lowest BCUT2D eigenvalue weighted by Crippen LogP contribution is -2.53. The molecule has 188 valence electrons. The molecule has 0 bridgehead atoms. The zero-order valence-corrected chi connectivity index (χ0v) is 21.6. The molecule has 2 aromatic rings. The summed E-state index contributed by atoms with van der Waals surface area (Å²) in [5.41, 5.74) is 2.72. The van der Waals surface area contributed by atoms with Crippen molar-refractivity contribution < 1.29 is 18.7 Å². The van der Waals surface area contributed by atoms with E-state index in [-0.39, 0.29) is 17.3 Å². The standard InChI is InChI=1S/C30H39NO4/c1-21-12-15-26-29(2,17-9-18-30(26,3)28(33)34-5)24(21)14-13-22-16-19-35-25(22)20-31(4)27(32)23-10-7-6-8-11-23/h6-8,10-11,16,19,24,26H,1,9,12-15,17-18,20H2,2-5H3/t24-,26-,29+,30-/m0/s1. The zero-order valence-electron chi connectivity index (χ0n) is 21.6. The van der Waals surface area contributed by atoms with Crippen LogP contribution < -0.4 is 0 Å². The highest BCUT2D eigenvalue weighted by molar-refractivity contribution is 5.93. The number of hydrogen-bond donors (Lipinski definition) is 0. The topological polar surface area (TPSA) is 59.8 Å². The summed E-state index contributed by atoms with van der Waals surface area (Å²) in [5.74, 6) is 1.39. The Balaban J connectivity index is 1.48. The van der Waals surface area contributed by atoms with Gasteiger partial charge in [-0.1, -0.05) is 43.7 Å². The third kappa shape index (κ3) is 4.70. The number of benzene rings is 1. The van der Waals surface area contributed by atoms with Gasteiger partial charge in [0.1, 0.15) is 5.76 Å². The molecule has 0 radical (unpaired) electrons. The van der Waals surface area contributed by atoms with E-state index in [1.54, 1.807) is 11.2 Å². The van der Waals surface area contributed by atoms with Crippen LogP contribution in [-0.4, -0.2) is 30.9 Å². The first-order valence-electron chi connectivity index (χ1n) is 12.8. The summed E-state index contributed by atoms with van der Waals surface area (Å²) in [6.45, 7) is 9.39. The number of fused-ring (bicyclic) bond motifs is 1. The first-order chi connectivity index (χ1) is 16.7. The van der Waals surface area contributed by atoms with Crippen LogP contribution in [0.25, 0.3) is 0 Å². The highest BCUT2D eigenvalue weighted by Crippen LogP contribution is 2.62. The second kappa shape index (κ2) is 10.0. The number of nitrogens with zero attached hydrogens (tertiary/aromatic N) is 1. The smallest absolute Gasteiger partial charge is 0.311 e. The Morgan fingerprint density at radius 2 is 1.91 bits per heavy atom. The van der Waals surface area contributed by atoms with E-state index < -0.39 is 5.41 Å². The van der Waals surface area contributed by atoms with E-state index in [1.165, 1.54) is 12.7 Å². The molecule has 0 aliphatic heterocycles. The lowest BCUT2D eigenvalue weighted by Gasteiger charge is -2.57. The molecule has 1 amide bonds. The maximum Gasteiger partial charge on any atom is 0.311 e. The molecule has 1 heterocycles. The summed E-state index contributed by atoms with van der Waals surface area (Å²) in [6, 6.07) is 11.4. The van der Waals surface area contributed by atoms with Gasteiger partial charge >= 0.3 is 5.97 Å². The van der Waals surface area contributed by atoms with Crippen molar-refractivity contribution in [1.82, 2.24) is 4.90 Å². The first kappa shape index (κ1) is 25.3. The van der Waals surface area contributed by atoms with Crippen molar-refractivity contribution in [2.24, 2.45) is 22.7 Å². The van der Waals surface area contributed by atoms with Crippen molar-refractivity contribution in [3.8, 4) is 0 Å². The quantitative estimate of drug-likeness (QED) is 0.340. The lowest BCUT2D eigenvalue weighted by molar-refractivity contribution is -0.168. The first-order valence-corrected chi connectivity index (χ1v) is 12.8. The van der Waals surface area contributed by atoms with Gasteiger partial charge in [-0.3, -0.25) is 9.59 Å². The summed E-state index contributed by atoms with van der Waals surface area (Å²) in [6.07, 6.45) is 8.55. The van der Waals surface area contributed by atoms with Crippen LogP contribution in [0.4, 0.5) is 0 Å². The lowest BCUT2D eigenvalue weighted by atomic mass is 9.46. The summed E-state index contributed by atoms with van der Waals surface area (Å²) < 4.78 is 11.1. The van der Waals surface area contributed by atoms with E-state index in [0.717, 1.165) is 56.3 Å². The zero-order chi connectivity index (χ0) is 25.2. The molecule has 35 heavy (non-hydrogen) atoms. The van der Waals surface area contributed by atoms with Crippen molar-refractivity contribution in [3.05, 3.63) is 71.7 Å². The van der Waals surface area contributed by atoms with Gasteiger partial charge in [-0.2, -0.15) is 0 Å². The highest BCUT2D eigenvalue weighted by Gasteiger charge is 2.57. The second-order valence-electron chi connectivity index (χ2n) is 11.0. The van der Waals surface area contributed by atoms with Crippen LogP contribution in [0.5, 0.6) is 0 Å². The minimum absolute atomic E-state index is 0.0201. The van der Waals surface area contributed by atoms with Gasteiger partial charge in [0.2, 0.25) is 0 Å². The van der Waals surface area contributed by atoms with E-state index >= 15 is 0 Å². The fourth-order valence-corrected chi connectivity index (χ4v) is 7.08. The molecule has 5 nitrogen and oxygen atoms in total. The van der Waals surface area contributed by atoms with Crippen molar-refractivity contribution in [3.63, 3.8) is 0 Å². The number of carbonyl (C=O) groups excluding carboxylic acids is 2. The predicted molar refractivity (Wildman–Crippen MR) is 137 cm³/mol. The van der Waals surface area contributed by atoms with Crippen LogP contribution in [0, 0.1) is 22.7 Å². The minimum atomic E-state index is -0.429. The molecule has 0 spiro atoms. The molecule has 2 saturated carbocycles. The second-order valence-corrected chi connectivity index (χ2v) is 11.0. The van der Waals surface area contributed by atoms with Gasteiger partial charge in [0.15, 0.2) is 0 Å². The van der Waals surface area contributed by atoms with Crippen molar-refractivity contribution >= 4 is 11.9 Å². The Morgan fingerprint density at radius 3 is 2.63 bits per heavy atom. The summed E-state index contributed by atoms with van der Waals surface area (Å²) in [4.78, 5) is 27.3. The number of hydrogen-bond acceptors (Lipinski definition) is 4. The van der Waals surface area contributed by atoms with Gasteiger partial charge in [-0.15, -0.1) is 0 Å². The highest BCUT2D eigenvalue weighted by atomic mass is 16.5. The Morgan fingerprint density at radius 1 is 1.17 bits per heavy atom. The van der Waals surface area contributed by atoms with Crippen molar-refractivity contribution in [2.75, 3.05) is 14.2 Å². The van der Waals surface area contributed by atoms with E-state index in [0.29, 0.717) is 23.9 Å². The van der Waals surface area contributed by atoms with Crippen LogP contribution in [-0.2, 0) is 22.5 Å². The molecule has 2 aliphatic carbocycles. The maximum atomic E-state index is 12.8. The van der Waals surface area contributed by atoms with E-state index in [2.05, 4.69) is 20.4 Å². The van der Waals surface area contributed by atoms with Gasteiger partial charge in [-0.25, -0.2) is 0 Å². The molecule has 5 heteroatoms. The van der Waals surface area contributed by atoms with Crippen LogP contribution in [0.1, 0.15) is 74.1 Å². The molecule has 2 aliphatic rings. The molecule has 0 N–H and O–H groups in total. The van der Waals surface area contributed by atoms with Gasteiger partial charge < -0.3 is 14.1 Å². The van der Waals surface area contributed by atoms with Crippen molar-refractivity contribution in [2.45, 2.75) is 65.3 Å². The minimum Gasteiger partial charge on any atom is -0.469 e. The van der Waals surface area contributed by atoms with E-state index in [9.17, 15) is 9.59 Å². The van der Waals surface area contributed by atoms with Crippen molar-refractivity contribution in [1.29, 1.82) is 0 Å². The van der Waals surface area contributed by atoms with Crippen LogP contribution in [0.3, 0.4) is 0 Å². The summed E-state index contributed by atoms with van der Waals surface area (Å²) >= 11 is 0. The van der Waals surface area contributed by atoms with Gasteiger partial charge in [0.25, 0.3) is 5.91 Å². The predicted octanol–water partition coefficient (Wildman–Crippen LogP) is 6.44. The molecular weight excluding hydrogens is 438 g/mol. The van der Waals surface area contributed by atoms with Crippen LogP contribution in [0.2, 0.25) is 0 Å². The monoisotopic (exact) mass is 477 g/mol. The number of esters is 1. The van der Waals surface area contributed by atoms with Gasteiger partial charge in [0.05, 0.1) is 25.3 Å². The van der Waals surface area contributed by atoms with E-state index in [4.69, 9.17) is 9.15 Å². The SMILES string of the molecule is C=C1CC[C@H]2[C@](C)(CCC[C@]2(C)C(=O)OC)[C@H]1CCc1ccoc1CN(C)C(=O)c1ccccc1. The number of aryl methyl sites for hydroxylation is 1. The molecule has 2 fully saturated rings. The van der Waals surface area contributed by atoms with E-state index in [1.807, 2.05) is 43.4 Å². The molecular formula is C30H39NO4. The number of rotatable bonds is 7. The van der Waals surface area contributed by atoms with Crippen LogP contribution in [0.15, 0.2) is 59.2 Å². The largest absolute Gasteiger partial charge is 0.469 e. The fourth-order valence-electron chi connectivity index (χ4n) is 7.08. The Hall–Kier alpha value is -2.82. The Bertz CT molecular complexity index is 1070. The molecule has 1 aromatic heterocycles.